The first-order valence-corrected chi connectivity index (χ1v) is 6.63. The van der Waals surface area contributed by atoms with Crippen LogP contribution in [-0.4, -0.2) is 20.7 Å². The second-order valence-electron chi connectivity index (χ2n) is 6.00. The molecule has 3 rings (SSSR count). The van der Waals surface area contributed by atoms with Crippen LogP contribution in [0.15, 0.2) is 35.8 Å². The highest BCUT2D eigenvalue weighted by molar-refractivity contribution is 5.46. The predicted octanol–water partition coefficient (Wildman–Crippen LogP) is 2.86. The van der Waals surface area contributed by atoms with Crippen LogP contribution in [0.3, 0.4) is 0 Å². The van der Waals surface area contributed by atoms with Gasteiger partial charge in [0.1, 0.15) is 0 Å². The Bertz CT molecular complexity index is 481. The van der Waals surface area contributed by atoms with Gasteiger partial charge in [0.2, 0.25) is 0 Å². The van der Waals surface area contributed by atoms with E-state index in [0.29, 0.717) is 0 Å². The maximum Gasteiger partial charge on any atom is 0.0921 e. The number of nitrogens with one attached hydrogen (secondary N) is 1. The fourth-order valence-electron chi connectivity index (χ4n) is 3.33. The van der Waals surface area contributed by atoms with Gasteiger partial charge in [-0.25, -0.2) is 4.98 Å². The summed E-state index contributed by atoms with van der Waals surface area (Å²) >= 11 is 0. The Morgan fingerprint density at radius 1 is 1.22 bits per heavy atom. The summed E-state index contributed by atoms with van der Waals surface area (Å²) in [5.74, 6) is 0. The van der Waals surface area contributed by atoms with Crippen molar-refractivity contribution in [2.75, 3.05) is 0 Å². The molecule has 0 bridgehead atoms. The van der Waals surface area contributed by atoms with Gasteiger partial charge in [-0.3, -0.25) is 0 Å². The van der Waals surface area contributed by atoms with Gasteiger partial charge in [-0.05, 0) is 50.7 Å². The molecule has 3 nitrogen and oxygen atoms in total. The molecule has 96 valence electrons. The minimum Gasteiger partial charge on any atom is -0.389 e. The van der Waals surface area contributed by atoms with Crippen molar-refractivity contribution < 1.29 is 5.11 Å². The summed E-state index contributed by atoms with van der Waals surface area (Å²) in [6, 6.07) is 0. The standard InChI is InChI=1S/C15H20N2O/c1-14(2,18)15(13-9-16-10-17-13)7-11-5-3-4-6-12(11)8-15/h5-6,9-10,18H,3-4,7-8H2,1-2H3,(H,16,17). The second-order valence-corrected chi connectivity index (χ2v) is 6.00. The van der Waals surface area contributed by atoms with Crippen LogP contribution in [0.25, 0.3) is 0 Å². The average molecular weight is 244 g/mol. The smallest absolute Gasteiger partial charge is 0.0921 e. The molecule has 1 fully saturated rings. The van der Waals surface area contributed by atoms with E-state index in [9.17, 15) is 5.11 Å². The molecule has 2 N–H and O–H groups in total. The summed E-state index contributed by atoms with van der Waals surface area (Å²) in [7, 11) is 0. The summed E-state index contributed by atoms with van der Waals surface area (Å²) in [6.07, 6.45) is 12.3. The van der Waals surface area contributed by atoms with Gasteiger partial charge in [0.15, 0.2) is 0 Å². The van der Waals surface area contributed by atoms with E-state index < -0.39 is 5.60 Å². The van der Waals surface area contributed by atoms with E-state index in [4.69, 9.17) is 0 Å². The van der Waals surface area contributed by atoms with Crippen LogP contribution in [0.5, 0.6) is 0 Å². The SMILES string of the molecule is CC(C)(O)C1(c2cnc[nH]2)CC2=CCCC=C2C1. The molecule has 0 amide bonds. The number of hydrogen-bond acceptors (Lipinski definition) is 2. The van der Waals surface area contributed by atoms with Crippen LogP contribution in [0.4, 0.5) is 0 Å². The van der Waals surface area contributed by atoms with E-state index in [-0.39, 0.29) is 5.41 Å². The Hall–Kier alpha value is -1.35. The van der Waals surface area contributed by atoms with Crippen molar-refractivity contribution in [1.29, 1.82) is 0 Å². The molecule has 2 aliphatic carbocycles. The number of imidazole rings is 1. The van der Waals surface area contributed by atoms with Crippen molar-refractivity contribution in [2.24, 2.45) is 0 Å². The highest BCUT2D eigenvalue weighted by Gasteiger charge is 2.51. The number of fused-ring (bicyclic) bond motifs is 1. The maximum atomic E-state index is 10.7. The third-order valence-corrected chi connectivity index (χ3v) is 4.53. The summed E-state index contributed by atoms with van der Waals surface area (Å²) in [6.45, 7) is 3.82. The number of hydrogen-bond donors (Lipinski definition) is 2. The van der Waals surface area contributed by atoms with Gasteiger partial charge in [0.05, 0.1) is 11.9 Å². The van der Waals surface area contributed by atoms with Crippen molar-refractivity contribution in [2.45, 2.75) is 50.5 Å². The maximum absolute atomic E-state index is 10.7. The summed E-state index contributed by atoms with van der Waals surface area (Å²) in [5, 5.41) is 10.7. The number of rotatable bonds is 2. The van der Waals surface area contributed by atoms with E-state index in [2.05, 4.69) is 22.1 Å². The van der Waals surface area contributed by atoms with Crippen LogP contribution in [-0.2, 0) is 5.41 Å². The topological polar surface area (TPSA) is 48.9 Å². The first-order chi connectivity index (χ1) is 8.53. The second kappa shape index (κ2) is 3.82. The van der Waals surface area contributed by atoms with Crippen LogP contribution in [0.1, 0.15) is 45.2 Å². The lowest BCUT2D eigenvalue weighted by Gasteiger charge is -2.39. The minimum atomic E-state index is -0.765. The fourth-order valence-corrected chi connectivity index (χ4v) is 3.33. The van der Waals surface area contributed by atoms with Crippen LogP contribution in [0.2, 0.25) is 0 Å². The molecule has 1 aromatic rings. The van der Waals surface area contributed by atoms with E-state index in [1.165, 1.54) is 11.1 Å². The number of aliphatic hydroxyl groups is 1. The Balaban J connectivity index is 2.10. The van der Waals surface area contributed by atoms with Gasteiger partial charge in [-0.2, -0.15) is 0 Å². The van der Waals surface area contributed by atoms with Crippen LogP contribution >= 0.6 is 0 Å². The lowest BCUT2D eigenvalue weighted by molar-refractivity contribution is -0.00357. The van der Waals surface area contributed by atoms with Gasteiger partial charge in [0.25, 0.3) is 0 Å². The van der Waals surface area contributed by atoms with E-state index >= 15 is 0 Å². The average Bonchev–Trinajstić information content (AvgIpc) is 2.95. The highest BCUT2D eigenvalue weighted by Crippen LogP contribution is 2.53. The lowest BCUT2D eigenvalue weighted by Crippen LogP contribution is -2.45. The van der Waals surface area contributed by atoms with Crippen molar-refractivity contribution >= 4 is 0 Å². The molecule has 3 heteroatoms. The largest absolute Gasteiger partial charge is 0.389 e. The van der Waals surface area contributed by atoms with Crippen molar-refractivity contribution in [1.82, 2.24) is 9.97 Å². The Labute approximate surface area is 108 Å². The third kappa shape index (κ3) is 1.57. The Morgan fingerprint density at radius 2 is 1.83 bits per heavy atom. The molecule has 0 spiro atoms. The molecular weight excluding hydrogens is 224 g/mol. The molecule has 1 saturated carbocycles. The van der Waals surface area contributed by atoms with Gasteiger partial charge < -0.3 is 10.1 Å². The number of aromatic amines is 1. The molecular formula is C15H20N2O. The van der Waals surface area contributed by atoms with Crippen molar-refractivity contribution in [3.05, 3.63) is 41.5 Å². The fraction of sp³-hybridized carbons (Fsp3) is 0.533. The van der Waals surface area contributed by atoms with Gasteiger partial charge in [-0.15, -0.1) is 0 Å². The molecule has 1 heterocycles. The quantitative estimate of drug-likeness (QED) is 0.840. The summed E-state index contributed by atoms with van der Waals surface area (Å²) in [4.78, 5) is 7.35. The molecule has 0 aromatic carbocycles. The molecule has 0 aliphatic heterocycles. The normalized spacial score (nSPS) is 22.4. The van der Waals surface area contributed by atoms with Gasteiger partial charge >= 0.3 is 0 Å². The predicted molar refractivity (Wildman–Crippen MR) is 71.2 cm³/mol. The van der Waals surface area contributed by atoms with E-state index in [0.717, 1.165) is 31.4 Å². The molecule has 1 aromatic heterocycles. The molecule has 0 atom stereocenters. The molecule has 0 saturated heterocycles. The number of H-pyrrole nitrogens is 1. The number of allylic oxidation sites excluding steroid dienone is 4. The Kier molecular flexibility index (Phi) is 2.49. The van der Waals surface area contributed by atoms with Gasteiger partial charge in [0, 0.05) is 17.3 Å². The highest BCUT2D eigenvalue weighted by atomic mass is 16.3. The molecule has 18 heavy (non-hydrogen) atoms. The third-order valence-electron chi connectivity index (χ3n) is 4.53. The lowest BCUT2D eigenvalue weighted by atomic mass is 9.70. The monoisotopic (exact) mass is 244 g/mol. The van der Waals surface area contributed by atoms with Crippen LogP contribution in [0, 0.1) is 0 Å². The molecule has 0 radical (unpaired) electrons. The zero-order valence-corrected chi connectivity index (χ0v) is 11.0. The number of aromatic nitrogens is 2. The summed E-state index contributed by atoms with van der Waals surface area (Å²) in [5.41, 5.74) is 2.85. The number of nitrogens with zero attached hydrogens (tertiary/aromatic N) is 1. The summed E-state index contributed by atoms with van der Waals surface area (Å²) < 4.78 is 0. The minimum absolute atomic E-state index is 0.258. The van der Waals surface area contributed by atoms with Gasteiger partial charge in [-0.1, -0.05) is 12.2 Å². The van der Waals surface area contributed by atoms with E-state index in [1.807, 2.05) is 20.0 Å². The first-order valence-electron chi connectivity index (χ1n) is 6.63. The van der Waals surface area contributed by atoms with Crippen molar-refractivity contribution in [3.8, 4) is 0 Å². The Morgan fingerprint density at radius 3 is 2.28 bits per heavy atom. The van der Waals surface area contributed by atoms with E-state index in [1.54, 1.807) is 6.33 Å². The zero-order chi connectivity index (χ0) is 12.8. The molecule has 0 unspecified atom stereocenters. The zero-order valence-electron chi connectivity index (χ0n) is 11.0. The van der Waals surface area contributed by atoms with Crippen molar-refractivity contribution in [3.63, 3.8) is 0 Å². The first kappa shape index (κ1) is 11.7. The van der Waals surface area contributed by atoms with Crippen LogP contribution < -0.4 is 0 Å². The molecule has 2 aliphatic rings.